The lowest BCUT2D eigenvalue weighted by atomic mass is 10.1. The molecule has 9 nitrogen and oxygen atoms in total. The minimum atomic E-state index is -3.02. The molecule has 0 aliphatic carbocycles. The number of ether oxygens (including phenoxy) is 2. The van der Waals surface area contributed by atoms with Gasteiger partial charge in [0.05, 0.1) is 11.9 Å². The molecule has 0 bridgehead atoms. The number of anilines is 2. The Hall–Kier alpha value is -3.67. The van der Waals surface area contributed by atoms with Gasteiger partial charge >= 0.3 is 12.6 Å². The number of nitrogens with zero attached hydrogens (tertiary/aromatic N) is 5. The second kappa shape index (κ2) is 10.8. The number of esters is 1. The van der Waals surface area contributed by atoms with Crippen molar-refractivity contribution < 1.29 is 23.0 Å². The average molecular weight is 531 g/mol. The van der Waals surface area contributed by atoms with Crippen LogP contribution in [0.3, 0.4) is 0 Å². The molecule has 3 heterocycles. The van der Waals surface area contributed by atoms with Gasteiger partial charge in [0.2, 0.25) is 0 Å². The third-order valence-corrected chi connectivity index (χ3v) is 5.81. The summed E-state index contributed by atoms with van der Waals surface area (Å²) in [6, 6.07) is 6.73. The molecule has 0 atom stereocenters. The van der Waals surface area contributed by atoms with Crippen molar-refractivity contribution in [3.63, 3.8) is 0 Å². The molecule has 0 radical (unpaired) electrons. The molecule has 1 aromatic carbocycles. The molecule has 1 N–H and O–H groups in total. The lowest BCUT2D eigenvalue weighted by molar-refractivity contribution is -0.155. The number of carbonyl (C=O) groups is 1. The quantitative estimate of drug-likeness (QED) is 0.215. The van der Waals surface area contributed by atoms with E-state index in [1.807, 2.05) is 13.8 Å². The fourth-order valence-electron chi connectivity index (χ4n) is 3.60. The highest BCUT2D eigenvalue weighted by Crippen LogP contribution is 2.39. The van der Waals surface area contributed by atoms with Crippen molar-refractivity contribution in [1.82, 2.24) is 24.4 Å². The van der Waals surface area contributed by atoms with Gasteiger partial charge in [-0.05, 0) is 45.0 Å². The second-order valence-electron chi connectivity index (χ2n) is 9.45. The first kappa shape index (κ1) is 26.4. The number of carbonyl (C=O) groups excluding carboxylic acids is 1. The first-order valence-electron chi connectivity index (χ1n) is 11.6. The zero-order valence-corrected chi connectivity index (χ0v) is 21.9. The number of rotatable bonds is 9. The van der Waals surface area contributed by atoms with Crippen LogP contribution < -0.4 is 10.1 Å². The number of hydrogen-bond acceptors (Lipinski definition) is 8. The van der Waals surface area contributed by atoms with E-state index in [-0.39, 0.29) is 17.5 Å². The third kappa shape index (κ3) is 6.76. The minimum Gasteiger partial charge on any atom is -0.459 e. The maximum absolute atomic E-state index is 13.3. The van der Waals surface area contributed by atoms with Crippen molar-refractivity contribution in [3.05, 3.63) is 49.1 Å². The molecule has 4 rings (SSSR count). The highest BCUT2D eigenvalue weighted by molar-refractivity contribution is 7.99. The summed E-state index contributed by atoms with van der Waals surface area (Å²) < 4.78 is 39.8. The number of aromatic nitrogens is 5. The summed E-state index contributed by atoms with van der Waals surface area (Å²) in [5.74, 6) is -0.523. The molecule has 196 valence electrons. The van der Waals surface area contributed by atoms with Crippen LogP contribution in [0.15, 0.2) is 53.9 Å². The Morgan fingerprint density at radius 3 is 2.70 bits per heavy atom. The van der Waals surface area contributed by atoms with E-state index in [2.05, 4.69) is 20.5 Å². The highest BCUT2D eigenvalue weighted by atomic mass is 32.2. The maximum Gasteiger partial charge on any atom is 0.387 e. The van der Waals surface area contributed by atoms with E-state index in [0.29, 0.717) is 28.3 Å². The standard InChI is InChI=1S/C25H28F2N6O3S/c1-15(2)37-16-7-8-20(35-24(26)27)17(11-16)22-19(13-32(31-22)14-21(34)36-25(3,4)5)30-18-12-29-33-10-6-9-28-23(18)33/h6-13,15,24,30H,14H2,1-5H3. The minimum absolute atomic E-state index is 0.0355. The first-order valence-corrected chi connectivity index (χ1v) is 12.5. The Kier molecular flexibility index (Phi) is 7.67. The second-order valence-corrected chi connectivity index (χ2v) is 11.1. The fraction of sp³-hybridized carbons (Fsp3) is 0.360. The van der Waals surface area contributed by atoms with Gasteiger partial charge in [0.1, 0.15) is 29.3 Å². The van der Waals surface area contributed by atoms with Crippen LogP contribution >= 0.6 is 11.8 Å². The molecule has 12 heteroatoms. The molecular formula is C25H28F2N6O3S. The number of halogens is 2. The number of nitrogens with one attached hydrogen (secondary N) is 1. The third-order valence-electron chi connectivity index (χ3n) is 4.82. The molecule has 0 fully saturated rings. The topological polar surface area (TPSA) is 95.6 Å². The van der Waals surface area contributed by atoms with Gasteiger partial charge in [0, 0.05) is 34.3 Å². The number of hydrogen-bond donors (Lipinski definition) is 1. The van der Waals surface area contributed by atoms with Crippen LogP contribution in [0.1, 0.15) is 34.6 Å². The predicted molar refractivity (Wildman–Crippen MR) is 137 cm³/mol. The van der Waals surface area contributed by atoms with Gasteiger partial charge in [-0.3, -0.25) is 9.48 Å². The van der Waals surface area contributed by atoms with Gasteiger partial charge in [-0.25, -0.2) is 9.50 Å². The molecule has 0 unspecified atom stereocenters. The molecule has 0 aliphatic heterocycles. The van der Waals surface area contributed by atoms with Crippen LogP contribution in [0.25, 0.3) is 16.9 Å². The summed E-state index contributed by atoms with van der Waals surface area (Å²) in [5, 5.41) is 12.4. The van der Waals surface area contributed by atoms with Crippen LogP contribution in [-0.4, -0.2) is 47.8 Å². The van der Waals surface area contributed by atoms with Crippen LogP contribution in [0, 0.1) is 0 Å². The van der Waals surface area contributed by atoms with Crippen molar-refractivity contribution in [1.29, 1.82) is 0 Å². The van der Waals surface area contributed by atoms with Crippen molar-refractivity contribution in [2.75, 3.05) is 5.32 Å². The zero-order valence-electron chi connectivity index (χ0n) is 21.1. The Bertz CT molecular complexity index is 1400. The molecule has 0 spiro atoms. The van der Waals surface area contributed by atoms with Gasteiger partial charge in [-0.2, -0.15) is 19.0 Å². The van der Waals surface area contributed by atoms with Crippen molar-refractivity contribution in [2.24, 2.45) is 0 Å². The van der Waals surface area contributed by atoms with E-state index in [1.165, 1.54) is 10.7 Å². The summed E-state index contributed by atoms with van der Waals surface area (Å²) >= 11 is 1.58. The Labute approximate surface area is 217 Å². The lowest BCUT2D eigenvalue weighted by Crippen LogP contribution is -2.26. The van der Waals surface area contributed by atoms with Crippen molar-refractivity contribution in [3.8, 4) is 17.0 Å². The largest absolute Gasteiger partial charge is 0.459 e. The van der Waals surface area contributed by atoms with Crippen LogP contribution in [0.5, 0.6) is 5.75 Å². The van der Waals surface area contributed by atoms with Crippen LogP contribution in [0.2, 0.25) is 0 Å². The first-order chi connectivity index (χ1) is 17.5. The summed E-state index contributed by atoms with van der Waals surface area (Å²) in [4.78, 5) is 17.7. The Balaban J connectivity index is 1.80. The maximum atomic E-state index is 13.3. The van der Waals surface area contributed by atoms with E-state index in [9.17, 15) is 13.6 Å². The summed E-state index contributed by atoms with van der Waals surface area (Å²) in [6.45, 7) is 6.20. The Morgan fingerprint density at radius 2 is 2.00 bits per heavy atom. The monoisotopic (exact) mass is 530 g/mol. The number of fused-ring (bicyclic) bond motifs is 1. The van der Waals surface area contributed by atoms with Gasteiger partial charge in [-0.1, -0.05) is 13.8 Å². The molecule has 0 saturated carbocycles. The van der Waals surface area contributed by atoms with Crippen LogP contribution in [0.4, 0.5) is 20.2 Å². The molecule has 4 aromatic rings. The van der Waals surface area contributed by atoms with E-state index in [0.717, 1.165) is 4.90 Å². The molecule has 0 saturated heterocycles. The number of alkyl halides is 2. The number of benzene rings is 1. The summed E-state index contributed by atoms with van der Waals surface area (Å²) in [7, 11) is 0. The average Bonchev–Trinajstić information content (AvgIpc) is 3.37. The summed E-state index contributed by atoms with van der Waals surface area (Å²) in [6.07, 6.45) is 6.59. The highest BCUT2D eigenvalue weighted by Gasteiger charge is 2.22. The summed E-state index contributed by atoms with van der Waals surface area (Å²) in [5.41, 5.74) is 1.58. The van der Waals surface area contributed by atoms with E-state index in [4.69, 9.17) is 9.47 Å². The van der Waals surface area contributed by atoms with E-state index in [1.54, 1.807) is 80.0 Å². The Morgan fingerprint density at radius 1 is 1.22 bits per heavy atom. The van der Waals surface area contributed by atoms with Crippen molar-refractivity contribution >= 4 is 34.8 Å². The smallest absolute Gasteiger partial charge is 0.387 e. The molecule has 3 aromatic heterocycles. The molecule has 0 amide bonds. The predicted octanol–water partition coefficient (Wildman–Crippen LogP) is 5.78. The molecule has 0 aliphatic rings. The number of thioether (sulfide) groups is 1. The fourth-order valence-corrected chi connectivity index (χ4v) is 4.47. The van der Waals surface area contributed by atoms with E-state index >= 15 is 0 Å². The normalized spacial score (nSPS) is 11.9. The van der Waals surface area contributed by atoms with Gasteiger partial charge in [0.15, 0.2) is 5.65 Å². The SMILES string of the molecule is CC(C)Sc1ccc(OC(F)F)c(-c2nn(CC(=O)OC(C)(C)C)cc2Nc2cnn3cccnc23)c1. The van der Waals surface area contributed by atoms with Crippen LogP contribution in [-0.2, 0) is 16.1 Å². The van der Waals surface area contributed by atoms with Crippen molar-refractivity contribution in [2.45, 2.75) is 63.5 Å². The lowest BCUT2D eigenvalue weighted by Gasteiger charge is -2.19. The zero-order chi connectivity index (χ0) is 26.7. The molecule has 37 heavy (non-hydrogen) atoms. The van der Waals surface area contributed by atoms with Gasteiger partial charge in [0.25, 0.3) is 0 Å². The van der Waals surface area contributed by atoms with Gasteiger partial charge < -0.3 is 14.8 Å². The van der Waals surface area contributed by atoms with E-state index < -0.39 is 18.2 Å². The van der Waals surface area contributed by atoms with Gasteiger partial charge in [-0.15, -0.1) is 11.8 Å². The molecular weight excluding hydrogens is 502 g/mol.